The van der Waals surface area contributed by atoms with Crippen LogP contribution in [-0.2, 0) is 11.3 Å². The van der Waals surface area contributed by atoms with Crippen molar-refractivity contribution in [1.29, 1.82) is 0 Å². The molecule has 22 heavy (non-hydrogen) atoms. The largest absolute Gasteiger partial charge is 0.492 e. The molecular formula is C13H13FN4O4. The van der Waals surface area contributed by atoms with Crippen LogP contribution in [0.3, 0.4) is 0 Å². The molecule has 0 saturated carbocycles. The lowest BCUT2D eigenvalue weighted by molar-refractivity contribution is -0.389. The van der Waals surface area contributed by atoms with Gasteiger partial charge in [0, 0.05) is 6.07 Å². The molecule has 116 valence electrons. The van der Waals surface area contributed by atoms with Crippen LogP contribution in [0.2, 0.25) is 0 Å². The van der Waals surface area contributed by atoms with E-state index in [9.17, 15) is 19.3 Å². The van der Waals surface area contributed by atoms with Gasteiger partial charge in [-0.05, 0) is 24.0 Å². The number of aromatic nitrogens is 2. The topological polar surface area (TPSA) is 99.3 Å². The van der Waals surface area contributed by atoms with Crippen molar-refractivity contribution in [3.63, 3.8) is 0 Å². The van der Waals surface area contributed by atoms with Gasteiger partial charge >= 0.3 is 5.82 Å². The van der Waals surface area contributed by atoms with Crippen LogP contribution in [0.4, 0.5) is 15.9 Å². The maximum atomic E-state index is 13.2. The van der Waals surface area contributed by atoms with Gasteiger partial charge in [0.15, 0.2) is 0 Å². The van der Waals surface area contributed by atoms with E-state index in [2.05, 4.69) is 10.4 Å². The first kappa shape index (κ1) is 15.4. The molecule has 0 aliphatic heterocycles. The summed E-state index contributed by atoms with van der Waals surface area (Å²) in [5.41, 5.74) is 0.315. The standard InChI is InChI=1S/C13H13FN4O4/c1-2-22-11-7-9(14)3-4-10(11)15-13(19)8-17-6-5-12(16-17)18(20)21/h3-7H,2,8H2,1H3,(H,15,19). The smallest absolute Gasteiger partial charge is 0.389 e. The molecule has 0 spiro atoms. The van der Waals surface area contributed by atoms with E-state index in [1.807, 2.05) is 0 Å². The number of ether oxygens (including phenoxy) is 1. The number of nitrogens with one attached hydrogen (secondary N) is 1. The normalized spacial score (nSPS) is 10.3. The molecule has 1 N–H and O–H groups in total. The molecular weight excluding hydrogens is 295 g/mol. The number of rotatable bonds is 6. The minimum Gasteiger partial charge on any atom is -0.492 e. The van der Waals surface area contributed by atoms with E-state index in [1.165, 1.54) is 24.4 Å². The third-order valence-electron chi connectivity index (χ3n) is 2.64. The molecule has 0 saturated heterocycles. The fourth-order valence-corrected chi connectivity index (χ4v) is 1.75. The first-order valence-corrected chi connectivity index (χ1v) is 6.39. The first-order valence-electron chi connectivity index (χ1n) is 6.39. The second-order valence-electron chi connectivity index (χ2n) is 4.25. The van der Waals surface area contributed by atoms with E-state index in [-0.39, 0.29) is 18.1 Å². The Kier molecular flexibility index (Phi) is 4.66. The lowest BCUT2D eigenvalue weighted by Gasteiger charge is -2.11. The fourth-order valence-electron chi connectivity index (χ4n) is 1.75. The third-order valence-corrected chi connectivity index (χ3v) is 2.64. The Labute approximate surface area is 124 Å². The molecule has 1 aromatic carbocycles. The van der Waals surface area contributed by atoms with Crippen LogP contribution in [0.25, 0.3) is 0 Å². The maximum Gasteiger partial charge on any atom is 0.389 e. The van der Waals surface area contributed by atoms with E-state index >= 15 is 0 Å². The summed E-state index contributed by atoms with van der Waals surface area (Å²) in [6.45, 7) is 1.84. The maximum absolute atomic E-state index is 13.2. The van der Waals surface area contributed by atoms with E-state index in [1.54, 1.807) is 6.92 Å². The number of nitrogens with zero attached hydrogens (tertiary/aromatic N) is 3. The molecule has 1 aromatic heterocycles. The Morgan fingerprint density at radius 2 is 2.27 bits per heavy atom. The van der Waals surface area contributed by atoms with E-state index in [4.69, 9.17) is 4.74 Å². The zero-order valence-corrected chi connectivity index (χ0v) is 11.7. The second kappa shape index (κ2) is 6.66. The summed E-state index contributed by atoms with van der Waals surface area (Å²) in [6, 6.07) is 4.93. The highest BCUT2D eigenvalue weighted by Crippen LogP contribution is 2.25. The highest BCUT2D eigenvalue weighted by Gasteiger charge is 2.15. The molecule has 9 heteroatoms. The van der Waals surface area contributed by atoms with Crippen molar-refractivity contribution in [2.45, 2.75) is 13.5 Å². The number of anilines is 1. The molecule has 0 fully saturated rings. The average Bonchev–Trinajstić information content (AvgIpc) is 2.91. The van der Waals surface area contributed by atoms with Crippen molar-refractivity contribution in [3.8, 4) is 5.75 Å². The molecule has 0 radical (unpaired) electrons. The summed E-state index contributed by atoms with van der Waals surface area (Å²) >= 11 is 0. The van der Waals surface area contributed by atoms with Crippen LogP contribution in [0.5, 0.6) is 5.75 Å². The van der Waals surface area contributed by atoms with Crippen molar-refractivity contribution in [2.75, 3.05) is 11.9 Å². The molecule has 0 atom stereocenters. The van der Waals surface area contributed by atoms with Crippen LogP contribution in [-0.4, -0.2) is 27.2 Å². The summed E-state index contributed by atoms with van der Waals surface area (Å²) < 4.78 is 19.5. The lowest BCUT2D eigenvalue weighted by Crippen LogP contribution is -2.19. The van der Waals surface area contributed by atoms with Crippen molar-refractivity contribution >= 4 is 17.4 Å². The molecule has 2 aromatic rings. The molecule has 1 amide bonds. The molecule has 0 bridgehead atoms. The predicted octanol–water partition coefficient (Wildman–Crippen LogP) is 1.97. The number of carbonyl (C=O) groups is 1. The van der Waals surface area contributed by atoms with Gasteiger partial charge in [0.05, 0.1) is 29.7 Å². The number of carbonyl (C=O) groups excluding carboxylic acids is 1. The molecule has 0 aliphatic rings. The summed E-state index contributed by atoms with van der Waals surface area (Å²) in [6.07, 6.45) is 1.33. The Morgan fingerprint density at radius 3 is 2.91 bits per heavy atom. The zero-order chi connectivity index (χ0) is 16.1. The van der Waals surface area contributed by atoms with Crippen molar-refractivity contribution in [1.82, 2.24) is 9.78 Å². The highest BCUT2D eigenvalue weighted by molar-refractivity contribution is 5.92. The number of benzene rings is 1. The third kappa shape index (κ3) is 3.78. The van der Waals surface area contributed by atoms with Gasteiger partial charge in [-0.2, -0.15) is 4.68 Å². The molecule has 8 nitrogen and oxygen atoms in total. The zero-order valence-electron chi connectivity index (χ0n) is 11.7. The van der Waals surface area contributed by atoms with Crippen LogP contribution < -0.4 is 10.1 Å². The van der Waals surface area contributed by atoms with Crippen LogP contribution >= 0.6 is 0 Å². The van der Waals surface area contributed by atoms with Gasteiger partial charge in [0.2, 0.25) is 5.91 Å². The van der Waals surface area contributed by atoms with Crippen LogP contribution in [0, 0.1) is 15.9 Å². The van der Waals surface area contributed by atoms with Gasteiger partial charge in [-0.3, -0.25) is 4.79 Å². The summed E-state index contributed by atoms with van der Waals surface area (Å²) in [7, 11) is 0. The number of hydrogen-bond acceptors (Lipinski definition) is 5. The van der Waals surface area contributed by atoms with Crippen molar-refractivity contribution < 1.29 is 18.8 Å². The average molecular weight is 308 g/mol. The van der Waals surface area contributed by atoms with Gasteiger partial charge in [-0.15, -0.1) is 0 Å². The Morgan fingerprint density at radius 1 is 1.50 bits per heavy atom. The quantitative estimate of drug-likeness (QED) is 0.649. The molecule has 0 unspecified atom stereocenters. The van der Waals surface area contributed by atoms with Crippen LogP contribution in [0.1, 0.15) is 6.92 Å². The van der Waals surface area contributed by atoms with Crippen molar-refractivity contribution in [2.24, 2.45) is 0 Å². The Bertz CT molecular complexity index is 701. The minimum absolute atomic E-state index is 0.210. The van der Waals surface area contributed by atoms with E-state index < -0.39 is 16.6 Å². The summed E-state index contributed by atoms with van der Waals surface area (Å²) in [5.74, 6) is -1.08. The number of amides is 1. The van der Waals surface area contributed by atoms with Crippen molar-refractivity contribution in [3.05, 3.63) is 46.4 Å². The van der Waals surface area contributed by atoms with Gasteiger partial charge < -0.3 is 20.2 Å². The Hall–Kier alpha value is -2.97. The molecule has 2 rings (SSSR count). The predicted molar refractivity (Wildman–Crippen MR) is 75.1 cm³/mol. The summed E-state index contributed by atoms with van der Waals surface area (Å²) in [5, 5.41) is 16.7. The fraction of sp³-hybridized carbons (Fsp3) is 0.231. The first-order chi connectivity index (χ1) is 10.5. The number of halogens is 1. The van der Waals surface area contributed by atoms with Gasteiger partial charge in [-0.1, -0.05) is 0 Å². The van der Waals surface area contributed by atoms with Gasteiger partial charge in [0.25, 0.3) is 0 Å². The molecule has 0 aliphatic carbocycles. The van der Waals surface area contributed by atoms with Crippen LogP contribution in [0.15, 0.2) is 30.5 Å². The van der Waals surface area contributed by atoms with E-state index in [0.717, 1.165) is 10.7 Å². The second-order valence-corrected chi connectivity index (χ2v) is 4.25. The lowest BCUT2D eigenvalue weighted by atomic mass is 10.2. The minimum atomic E-state index is -0.651. The molecule has 1 heterocycles. The van der Waals surface area contributed by atoms with Gasteiger partial charge in [0.1, 0.15) is 18.1 Å². The summed E-state index contributed by atoms with van der Waals surface area (Å²) in [4.78, 5) is 21.8. The van der Waals surface area contributed by atoms with Gasteiger partial charge in [-0.25, -0.2) is 4.39 Å². The highest BCUT2D eigenvalue weighted by atomic mass is 19.1. The number of nitro groups is 1. The monoisotopic (exact) mass is 308 g/mol. The Balaban J connectivity index is 2.06. The SMILES string of the molecule is CCOc1cc(F)ccc1NC(=O)Cn1ccc([N+](=O)[O-])n1. The van der Waals surface area contributed by atoms with E-state index in [0.29, 0.717) is 12.3 Å². The number of hydrogen-bond donors (Lipinski definition) is 1.